The molecule has 1 atom stereocenters. The van der Waals surface area contributed by atoms with Gasteiger partial charge in [-0.1, -0.05) is 6.07 Å². The summed E-state index contributed by atoms with van der Waals surface area (Å²) in [4.78, 5) is 11.6. The van der Waals surface area contributed by atoms with Gasteiger partial charge >= 0.3 is 5.97 Å². The molecule has 0 spiro atoms. The van der Waals surface area contributed by atoms with Crippen molar-refractivity contribution >= 4 is 16.0 Å². The van der Waals surface area contributed by atoms with Crippen molar-refractivity contribution in [3.63, 3.8) is 0 Å². The lowest BCUT2D eigenvalue weighted by atomic mass is 10.2. The predicted molar refractivity (Wildman–Crippen MR) is 74.0 cm³/mol. The Kier molecular flexibility index (Phi) is 4.42. The zero-order chi connectivity index (χ0) is 14.8. The van der Waals surface area contributed by atoms with Gasteiger partial charge in [0.25, 0.3) is 0 Å². The molecule has 1 N–H and O–H groups in total. The smallest absolute Gasteiger partial charge is 0.337 e. The van der Waals surface area contributed by atoms with Crippen LogP contribution in [-0.4, -0.2) is 51.5 Å². The lowest BCUT2D eigenvalue weighted by Gasteiger charge is -2.31. The number of rotatable bonds is 3. The van der Waals surface area contributed by atoms with Crippen molar-refractivity contribution in [1.29, 1.82) is 0 Å². The molecule has 0 amide bonds. The highest BCUT2D eigenvalue weighted by atomic mass is 32.2. The van der Waals surface area contributed by atoms with Gasteiger partial charge in [-0.15, -0.1) is 0 Å². The van der Waals surface area contributed by atoms with Crippen molar-refractivity contribution in [3.05, 3.63) is 29.8 Å². The number of hydrogen-bond acceptors (Lipinski definition) is 5. The number of nitrogens with one attached hydrogen (secondary N) is 1. The van der Waals surface area contributed by atoms with E-state index in [0.29, 0.717) is 19.6 Å². The van der Waals surface area contributed by atoms with E-state index in [1.807, 2.05) is 6.92 Å². The minimum absolute atomic E-state index is 0.113. The SMILES string of the molecule is COC(=O)c1cccc(S(=O)(=O)N2CCN[C@@H](C)C2)c1. The molecular weight excluding hydrogens is 280 g/mol. The van der Waals surface area contributed by atoms with E-state index in [2.05, 4.69) is 10.1 Å². The molecule has 2 rings (SSSR count). The van der Waals surface area contributed by atoms with Gasteiger partial charge in [-0.2, -0.15) is 4.31 Å². The topological polar surface area (TPSA) is 75.7 Å². The van der Waals surface area contributed by atoms with Crippen molar-refractivity contribution in [2.45, 2.75) is 17.9 Å². The predicted octanol–water partition coefficient (Wildman–Crippen LogP) is 0.456. The van der Waals surface area contributed by atoms with Crippen molar-refractivity contribution in [3.8, 4) is 0 Å². The molecule has 1 fully saturated rings. The summed E-state index contributed by atoms with van der Waals surface area (Å²) in [6.07, 6.45) is 0. The maximum atomic E-state index is 12.5. The molecule has 20 heavy (non-hydrogen) atoms. The van der Waals surface area contributed by atoms with Crippen molar-refractivity contribution < 1.29 is 17.9 Å². The Labute approximate surface area is 118 Å². The van der Waals surface area contributed by atoms with Gasteiger partial charge in [0.15, 0.2) is 0 Å². The summed E-state index contributed by atoms with van der Waals surface area (Å²) in [5.41, 5.74) is 0.233. The van der Waals surface area contributed by atoms with Crippen LogP contribution >= 0.6 is 0 Å². The monoisotopic (exact) mass is 298 g/mol. The van der Waals surface area contributed by atoms with Gasteiger partial charge in [-0.3, -0.25) is 0 Å². The average molecular weight is 298 g/mol. The zero-order valence-corrected chi connectivity index (χ0v) is 12.3. The molecule has 1 aromatic carbocycles. The molecular formula is C13H18N2O4S. The van der Waals surface area contributed by atoms with E-state index in [9.17, 15) is 13.2 Å². The third kappa shape index (κ3) is 3.00. The quantitative estimate of drug-likeness (QED) is 0.820. The largest absolute Gasteiger partial charge is 0.465 e. The van der Waals surface area contributed by atoms with Gasteiger partial charge in [0.05, 0.1) is 17.6 Å². The van der Waals surface area contributed by atoms with E-state index in [-0.39, 0.29) is 16.5 Å². The summed E-state index contributed by atoms with van der Waals surface area (Å²) in [7, 11) is -2.31. The summed E-state index contributed by atoms with van der Waals surface area (Å²) >= 11 is 0. The number of sulfonamides is 1. The highest BCUT2D eigenvalue weighted by Crippen LogP contribution is 2.19. The maximum Gasteiger partial charge on any atom is 0.337 e. The Balaban J connectivity index is 2.32. The van der Waals surface area contributed by atoms with Gasteiger partial charge in [0.1, 0.15) is 0 Å². The van der Waals surface area contributed by atoms with Gasteiger partial charge in [-0.25, -0.2) is 13.2 Å². The molecule has 0 aliphatic carbocycles. The second-order valence-electron chi connectivity index (χ2n) is 4.74. The number of esters is 1. The highest BCUT2D eigenvalue weighted by molar-refractivity contribution is 7.89. The number of methoxy groups -OCH3 is 1. The second kappa shape index (κ2) is 5.90. The highest BCUT2D eigenvalue weighted by Gasteiger charge is 2.28. The number of ether oxygens (including phenoxy) is 1. The van der Waals surface area contributed by atoms with Crippen molar-refractivity contribution in [2.75, 3.05) is 26.7 Å². The Morgan fingerprint density at radius 2 is 2.20 bits per heavy atom. The minimum Gasteiger partial charge on any atom is -0.465 e. The first-order valence-electron chi connectivity index (χ1n) is 6.37. The molecule has 1 aromatic rings. The first-order valence-corrected chi connectivity index (χ1v) is 7.81. The second-order valence-corrected chi connectivity index (χ2v) is 6.68. The van der Waals surface area contributed by atoms with E-state index in [1.165, 1.54) is 29.6 Å². The third-order valence-corrected chi connectivity index (χ3v) is 5.09. The van der Waals surface area contributed by atoms with Crippen molar-refractivity contribution in [2.24, 2.45) is 0 Å². The van der Waals surface area contributed by atoms with E-state index in [1.54, 1.807) is 6.07 Å². The fraction of sp³-hybridized carbons (Fsp3) is 0.462. The fourth-order valence-electron chi connectivity index (χ4n) is 2.17. The summed E-state index contributed by atoms with van der Waals surface area (Å²) in [6, 6.07) is 6.04. The van der Waals surface area contributed by atoms with E-state index in [4.69, 9.17) is 0 Å². The molecule has 0 saturated carbocycles. The Hall–Kier alpha value is -1.44. The number of benzene rings is 1. The van der Waals surface area contributed by atoms with E-state index in [0.717, 1.165) is 0 Å². The number of carbonyl (C=O) groups excluding carboxylic acids is 1. The standard InChI is InChI=1S/C13H18N2O4S/c1-10-9-15(7-6-14-10)20(17,18)12-5-3-4-11(8-12)13(16)19-2/h3-5,8,10,14H,6-7,9H2,1-2H3/t10-/m0/s1. The van der Waals surface area contributed by atoms with Crippen LogP contribution in [0.1, 0.15) is 17.3 Å². The molecule has 0 bridgehead atoms. The molecule has 0 unspecified atom stereocenters. The van der Waals surface area contributed by atoms with E-state index < -0.39 is 16.0 Å². The van der Waals surface area contributed by atoms with Gasteiger partial charge < -0.3 is 10.1 Å². The van der Waals surface area contributed by atoms with Crippen LogP contribution in [0.2, 0.25) is 0 Å². The van der Waals surface area contributed by atoms with Crippen LogP contribution in [0.3, 0.4) is 0 Å². The van der Waals surface area contributed by atoms with Crippen LogP contribution in [0.5, 0.6) is 0 Å². The molecule has 1 aliphatic rings. The zero-order valence-electron chi connectivity index (χ0n) is 11.5. The molecule has 7 heteroatoms. The lowest BCUT2D eigenvalue weighted by Crippen LogP contribution is -2.51. The molecule has 110 valence electrons. The lowest BCUT2D eigenvalue weighted by molar-refractivity contribution is 0.0600. The molecule has 1 heterocycles. The van der Waals surface area contributed by atoms with Gasteiger partial charge in [0.2, 0.25) is 10.0 Å². The van der Waals surface area contributed by atoms with Crippen LogP contribution in [0.15, 0.2) is 29.2 Å². The van der Waals surface area contributed by atoms with Gasteiger partial charge in [0, 0.05) is 25.7 Å². The summed E-state index contributed by atoms with van der Waals surface area (Å²) < 4.78 is 31.1. The Morgan fingerprint density at radius 3 is 2.85 bits per heavy atom. The van der Waals surface area contributed by atoms with Gasteiger partial charge in [-0.05, 0) is 25.1 Å². The van der Waals surface area contributed by atoms with Crippen LogP contribution in [0.25, 0.3) is 0 Å². The van der Waals surface area contributed by atoms with Crippen molar-refractivity contribution in [1.82, 2.24) is 9.62 Å². The van der Waals surface area contributed by atoms with Crippen LogP contribution < -0.4 is 5.32 Å². The molecule has 1 aliphatic heterocycles. The molecule has 0 aromatic heterocycles. The fourth-order valence-corrected chi connectivity index (χ4v) is 3.74. The van der Waals surface area contributed by atoms with E-state index >= 15 is 0 Å². The maximum absolute atomic E-state index is 12.5. The normalized spacial score (nSPS) is 20.6. The summed E-state index contributed by atoms with van der Waals surface area (Å²) in [5.74, 6) is -0.546. The number of hydrogen-bond donors (Lipinski definition) is 1. The molecule has 1 saturated heterocycles. The molecule has 6 nitrogen and oxygen atoms in total. The first kappa shape index (κ1) is 15.0. The number of carbonyl (C=O) groups is 1. The summed E-state index contributed by atoms with van der Waals surface area (Å²) in [5, 5.41) is 3.19. The summed E-state index contributed by atoms with van der Waals surface area (Å²) in [6.45, 7) is 3.41. The first-order chi connectivity index (χ1) is 9.45. The number of nitrogens with zero attached hydrogens (tertiary/aromatic N) is 1. The Bertz CT molecular complexity index is 600. The van der Waals surface area contributed by atoms with Crippen LogP contribution in [0.4, 0.5) is 0 Å². The molecule has 0 radical (unpaired) electrons. The average Bonchev–Trinajstić information content (AvgIpc) is 2.46. The number of piperazine rings is 1. The third-order valence-electron chi connectivity index (χ3n) is 3.22. The Morgan fingerprint density at radius 1 is 1.45 bits per heavy atom. The van der Waals surface area contributed by atoms with Crippen LogP contribution in [0, 0.1) is 0 Å². The minimum atomic E-state index is -3.57. The van der Waals surface area contributed by atoms with Crippen LogP contribution in [-0.2, 0) is 14.8 Å².